The Kier molecular flexibility index (Phi) is 6.69. The van der Waals surface area contributed by atoms with Gasteiger partial charge >= 0.3 is 0 Å². The number of rotatable bonds is 7. The number of hydrogen-bond acceptors (Lipinski definition) is 7. The van der Waals surface area contributed by atoms with Gasteiger partial charge in [-0.05, 0) is 36.6 Å². The molecule has 1 fully saturated rings. The maximum atomic E-state index is 13.2. The molecule has 0 spiro atoms. The van der Waals surface area contributed by atoms with E-state index in [0.29, 0.717) is 33.7 Å². The van der Waals surface area contributed by atoms with E-state index in [0.717, 1.165) is 11.1 Å². The maximum Gasteiger partial charge on any atom is 0.267 e. The lowest BCUT2D eigenvalue weighted by Gasteiger charge is -2.14. The summed E-state index contributed by atoms with van der Waals surface area (Å²) in [5, 5.41) is 12.2. The second-order valence-electron chi connectivity index (χ2n) is 7.33. The molecule has 2 aromatic heterocycles. The van der Waals surface area contributed by atoms with Crippen LogP contribution in [-0.2, 0) is 11.2 Å². The minimum Gasteiger partial charge on any atom is -0.395 e. The van der Waals surface area contributed by atoms with Crippen molar-refractivity contribution in [1.29, 1.82) is 0 Å². The zero-order valence-corrected chi connectivity index (χ0v) is 19.1. The fraction of sp³-hybridized carbons (Fsp3) is 0.217. The molecule has 4 rings (SSSR count). The number of amides is 1. The van der Waals surface area contributed by atoms with Crippen LogP contribution in [0, 0.1) is 6.92 Å². The smallest absolute Gasteiger partial charge is 0.267 e. The average molecular weight is 467 g/mol. The molecule has 3 heterocycles. The topological polar surface area (TPSA) is 86.9 Å². The number of carbonyl (C=O) groups excluding carboxylic acids is 1. The predicted octanol–water partition coefficient (Wildman–Crippen LogP) is 2.85. The summed E-state index contributed by atoms with van der Waals surface area (Å²) in [6.07, 6.45) is 3.94. The first-order valence-corrected chi connectivity index (χ1v) is 11.4. The van der Waals surface area contributed by atoms with Gasteiger partial charge in [0.1, 0.15) is 15.8 Å². The number of carbonyl (C=O) groups is 1. The van der Waals surface area contributed by atoms with Crippen LogP contribution in [0.3, 0.4) is 0 Å². The first kappa shape index (κ1) is 22.2. The van der Waals surface area contributed by atoms with Crippen LogP contribution < -0.4 is 10.9 Å². The molecule has 1 amide bonds. The van der Waals surface area contributed by atoms with Gasteiger partial charge in [-0.2, -0.15) is 0 Å². The molecule has 7 nitrogen and oxygen atoms in total. The van der Waals surface area contributed by atoms with Crippen molar-refractivity contribution in [2.45, 2.75) is 13.3 Å². The summed E-state index contributed by atoms with van der Waals surface area (Å²) in [5.41, 5.74) is 2.47. The maximum absolute atomic E-state index is 13.2. The van der Waals surface area contributed by atoms with Crippen molar-refractivity contribution in [3.05, 3.63) is 80.6 Å². The Morgan fingerprint density at radius 1 is 1.19 bits per heavy atom. The van der Waals surface area contributed by atoms with Crippen LogP contribution in [0.25, 0.3) is 11.7 Å². The van der Waals surface area contributed by atoms with Gasteiger partial charge in [-0.1, -0.05) is 60.4 Å². The first-order chi connectivity index (χ1) is 15.5. The normalized spacial score (nSPS) is 15.2. The number of aliphatic hydroxyl groups excluding tert-OH is 1. The third-order valence-electron chi connectivity index (χ3n) is 5.03. The predicted molar refractivity (Wildman–Crippen MR) is 132 cm³/mol. The highest BCUT2D eigenvalue weighted by atomic mass is 32.2. The zero-order valence-electron chi connectivity index (χ0n) is 17.4. The summed E-state index contributed by atoms with van der Waals surface area (Å²) in [6, 6.07) is 13.5. The van der Waals surface area contributed by atoms with Crippen molar-refractivity contribution >= 4 is 51.7 Å². The van der Waals surface area contributed by atoms with Crippen molar-refractivity contribution in [2.24, 2.45) is 0 Å². The Morgan fingerprint density at radius 2 is 1.97 bits per heavy atom. The standard InChI is InChI=1S/C23H22N4O3S2/c1-15-7-8-19-25-20(24-10-12-28)17(21(29)27(19)14-15)13-18-22(30)26(23(31)32-18)11-9-16-5-3-2-4-6-16/h2-8,13-14,24,28H,9-12H2,1H3. The van der Waals surface area contributed by atoms with E-state index in [4.69, 9.17) is 12.2 Å². The van der Waals surface area contributed by atoms with Gasteiger partial charge < -0.3 is 10.4 Å². The number of benzene rings is 1. The number of hydrogen-bond donors (Lipinski definition) is 2. The molecule has 2 N–H and O–H groups in total. The number of nitrogens with one attached hydrogen (secondary N) is 1. The van der Waals surface area contributed by atoms with E-state index in [1.807, 2.05) is 43.3 Å². The fourth-order valence-corrected chi connectivity index (χ4v) is 4.70. The van der Waals surface area contributed by atoms with Crippen LogP contribution in [-0.4, -0.2) is 49.3 Å². The fourth-order valence-electron chi connectivity index (χ4n) is 3.41. The molecule has 32 heavy (non-hydrogen) atoms. The molecular weight excluding hydrogens is 444 g/mol. The Bertz CT molecular complexity index is 1270. The number of aromatic nitrogens is 2. The number of thiocarbonyl (C=S) groups is 1. The van der Waals surface area contributed by atoms with Crippen LogP contribution >= 0.6 is 24.0 Å². The first-order valence-electron chi connectivity index (χ1n) is 10.1. The molecule has 164 valence electrons. The minimum absolute atomic E-state index is 0.115. The van der Waals surface area contributed by atoms with Gasteiger partial charge in [0.25, 0.3) is 11.5 Å². The van der Waals surface area contributed by atoms with Gasteiger partial charge in [-0.15, -0.1) is 0 Å². The lowest BCUT2D eigenvalue weighted by Crippen LogP contribution is -2.30. The van der Waals surface area contributed by atoms with Crippen molar-refractivity contribution < 1.29 is 9.90 Å². The average Bonchev–Trinajstić information content (AvgIpc) is 3.06. The summed E-state index contributed by atoms with van der Waals surface area (Å²) in [5.74, 6) is 0.0974. The van der Waals surface area contributed by atoms with Gasteiger partial charge in [-0.25, -0.2) is 4.98 Å². The van der Waals surface area contributed by atoms with Crippen LogP contribution in [0.5, 0.6) is 0 Å². The molecule has 0 bridgehead atoms. The van der Waals surface area contributed by atoms with E-state index in [-0.39, 0.29) is 30.2 Å². The largest absolute Gasteiger partial charge is 0.395 e. The Morgan fingerprint density at radius 3 is 2.72 bits per heavy atom. The Labute approximate surface area is 194 Å². The molecule has 1 aliphatic rings. The van der Waals surface area contributed by atoms with E-state index in [1.54, 1.807) is 23.2 Å². The number of nitrogens with zero attached hydrogens (tertiary/aromatic N) is 3. The van der Waals surface area contributed by atoms with E-state index in [1.165, 1.54) is 16.2 Å². The van der Waals surface area contributed by atoms with E-state index < -0.39 is 0 Å². The lowest BCUT2D eigenvalue weighted by atomic mass is 10.1. The van der Waals surface area contributed by atoms with E-state index >= 15 is 0 Å². The molecule has 0 atom stereocenters. The Hall–Kier alpha value is -3.01. The van der Waals surface area contributed by atoms with Crippen molar-refractivity contribution in [1.82, 2.24) is 14.3 Å². The van der Waals surface area contributed by atoms with Crippen LogP contribution in [0.1, 0.15) is 16.7 Å². The molecule has 9 heteroatoms. The third-order valence-corrected chi connectivity index (χ3v) is 6.40. The van der Waals surface area contributed by atoms with Gasteiger partial charge in [0.2, 0.25) is 0 Å². The highest BCUT2D eigenvalue weighted by molar-refractivity contribution is 8.26. The molecule has 0 saturated carbocycles. The molecule has 1 aromatic carbocycles. The molecule has 0 radical (unpaired) electrons. The second kappa shape index (κ2) is 9.64. The summed E-state index contributed by atoms with van der Waals surface area (Å²) in [4.78, 5) is 32.8. The number of aryl methyl sites for hydroxylation is 1. The van der Waals surface area contributed by atoms with Gasteiger partial charge in [-0.3, -0.25) is 18.9 Å². The van der Waals surface area contributed by atoms with Crippen molar-refractivity contribution in [3.8, 4) is 0 Å². The minimum atomic E-state index is -0.298. The van der Waals surface area contributed by atoms with E-state index in [9.17, 15) is 14.7 Å². The Balaban J connectivity index is 1.68. The third kappa shape index (κ3) is 4.59. The van der Waals surface area contributed by atoms with Crippen LogP contribution in [0.4, 0.5) is 5.82 Å². The molecular formula is C23H22N4O3S2. The van der Waals surface area contributed by atoms with Crippen molar-refractivity contribution in [3.63, 3.8) is 0 Å². The molecule has 3 aromatic rings. The number of aliphatic hydroxyl groups is 1. The van der Waals surface area contributed by atoms with E-state index in [2.05, 4.69) is 10.3 Å². The van der Waals surface area contributed by atoms with Crippen LogP contribution in [0.2, 0.25) is 0 Å². The van der Waals surface area contributed by atoms with Gasteiger partial charge in [0.05, 0.1) is 17.1 Å². The lowest BCUT2D eigenvalue weighted by molar-refractivity contribution is -0.122. The molecule has 0 aliphatic carbocycles. The monoisotopic (exact) mass is 466 g/mol. The van der Waals surface area contributed by atoms with Crippen molar-refractivity contribution in [2.75, 3.05) is 25.0 Å². The number of fused-ring (bicyclic) bond motifs is 1. The van der Waals surface area contributed by atoms with Gasteiger partial charge in [0.15, 0.2) is 0 Å². The molecule has 0 unspecified atom stereocenters. The number of thioether (sulfide) groups is 1. The second-order valence-corrected chi connectivity index (χ2v) is 9.01. The SMILES string of the molecule is Cc1ccc2nc(NCCO)c(C=C3SC(=S)N(CCc4ccccc4)C3=O)c(=O)n2c1. The molecule has 1 saturated heterocycles. The van der Waals surface area contributed by atoms with Gasteiger partial charge in [0, 0.05) is 19.3 Å². The summed E-state index contributed by atoms with van der Waals surface area (Å²) in [7, 11) is 0. The molecule has 1 aliphatic heterocycles. The summed E-state index contributed by atoms with van der Waals surface area (Å²) < 4.78 is 1.92. The summed E-state index contributed by atoms with van der Waals surface area (Å²) in [6.45, 7) is 2.47. The highest BCUT2D eigenvalue weighted by Gasteiger charge is 2.32. The zero-order chi connectivity index (χ0) is 22.7. The quantitative estimate of drug-likeness (QED) is 0.409. The summed E-state index contributed by atoms with van der Waals surface area (Å²) >= 11 is 6.61. The highest BCUT2D eigenvalue weighted by Crippen LogP contribution is 2.33. The number of anilines is 1. The number of pyridine rings is 1. The van der Waals surface area contributed by atoms with Crippen LogP contribution in [0.15, 0.2) is 58.4 Å².